The number of carbonyl (C=O) groups is 3. The van der Waals surface area contributed by atoms with E-state index in [2.05, 4.69) is 5.32 Å². The summed E-state index contributed by atoms with van der Waals surface area (Å²) in [5.41, 5.74) is 3.00. The maximum atomic E-state index is 13.9. The summed E-state index contributed by atoms with van der Waals surface area (Å²) in [6.45, 7) is 1.78. The van der Waals surface area contributed by atoms with Gasteiger partial charge in [0, 0.05) is 26.8 Å². The summed E-state index contributed by atoms with van der Waals surface area (Å²) in [7, 11) is 0. The number of para-hydroxylation sites is 1. The molecule has 2 bridgehead atoms. The Morgan fingerprint density at radius 1 is 0.956 bits per heavy atom. The van der Waals surface area contributed by atoms with Gasteiger partial charge in [-0.05, 0) is 84.7 Å². The van der Waals surface area contributed by atoms with Crippen LogP contribution in [0.2, 0.25) is 5.02 Å². The lowest BCUT2D eigenvalue weighted by Gasteiger charge is -2.43. The number of halogens is 2. The van der Waals surface area contributed by atoms with E-state index >= 15 is 0 Å². The van der Waals surface area contributed by atoms with E-state index in [9.17, 15) is 23.6 Å². The molecule has 2 aliphatic heterocycles. The van der Waals surface area contributed by atoms with Crippen LogP contribution >= 0.6 is 34.7 Å². The lowest BCUT2D eigenvalue weighted by molar-refractivity contribution is -0.123. The summed E-state index contributed by atoms with van der Waals surface area (Å²) < 4.78 is 15.2. The second-order valence-electron chi connectivity index (χ2n) is 12.3. The summed E-state index contributed by atoms with van der Waals surface area (Å²) in [5.74, 6) is -2.47. The zero-order valence-corrected chi connectivity index (χ0v) is 26.4. The van der Waals surface area contributed by atoms with E-state index in [-0.39, 0.29) is 58.1 Å². The van der Waals surface area contributed by atoms with Gasteiger partial charge < -0.3 is 5.32 Å². The highest BCUT2D eigenvalue weighted by molar-refractivity contribution is 8.00. The number of rotatable bonds is 5. The first-order valence-electron chi connectivity index (χ1n) is 14.9. The number of thioether (sulfide) groups is 1. The number of amides is 3. The van der Waals surface area contributed by atoms with E-state index in [0.717, 1.165) is 38.8 Å². The first-order valence-corrected chi connectivity index (χ1v) is 16.9. The monoisotopic (exact) mass is 659 g/mol. The highest BCUT2D eigenvalue weighted by Gasteiger charge is 2.69. The molecule has 4 aliphatic rings. The number of benzene rings is 3. The first kappa shape index (κ1) is 28.7. The van der Waals surface area contributed by atoms with Crippen molar-refractivity contribution >= 4 is 63.8 Å². The molecule has 0 spiro atoms. The van der Waals surface area contributed by atoms with Gasteiger partial charge in [0.15, 0.2) is 0 Å². The van der Waals surface area contributed by atoms with Crippen LogP contribution in [-0.2, 0) is 20.9 Å². The largest absolute Gasteiger partial charge is 0.324 e. The van der Waals surface area contributed by atoms with Crippen molar-refractivity contribution in [3.63, 3.8) is 0 Å². The zero-order valence-electron chi connectivity index (χ0n) is 24.0. The van der Waals surface area contributed by atoms with Gasteiger partial charge in [0.2, 0.25) is 17.7 Å². The van der Waals surface area contributed by atoms with Crippen LogP contribution in [0.25, 0.3) is 0 Å². The van der Waals surface area contributed by atoms with Crippen LogP contribution in [0.1, 0.15) is 28.3 Å². The Balaban J connectivity index is 1.18. The molecule has 2 aliphatic carbocycles. The van der Waals surface area contributed by atoms with Gasteiger partial charge in [-0.1, -0.05) is 53.3 Å². The molecule has 7 atom stereocenters. The Bertz CT molecular complexity index is 1940. The van der Waals surface area contributed by atoms with Gasteiger partial charge in [-0.2, -0.15) is 0 Å². The third-order valence-electron chi connectivity index (χ3n) is 9.98. The summed E-state index contributed by atoms with van der Waals surface area (Å²) >= 11 is 9.00. The highest BCUT2D eigenvalue weighted by atomic mass is 35.5. The minimum Gasteiger partial charge on any atom is -0.324 e. The Labute approximate surface area is 271 Å². The third-order valence-corrected chi connectivity index (χ3v) is 13.0. The molecule has 4 aromatic rings. The van der Waals surface area contributed by atoms with Gasteiger partial charge in [0.1, 0.15) is 12.4 Å². The molecule has 3 amide bonds. The lowest BCUT2D eigenvalue weighted by atomic mass is 9.68. The van der Waals surface area contributed by atoms with Gasteiger partial charge in [-0.15, -0.1) is 11.8 Å². The molecule has 1 saturated heterocycles. The van der Waals surface area contributed by atoms with E-state index in [1.54, 1.807) is 16.3 Å². The number of thiazole rings is 1. The predicted molar refractivity (Wildman–Crippen MR) is 172 cm³/mol. The zero-order chi connectivity index (χ0) is 31.1. The quantitative estimate of drug-likeness (QED) is 0.253. The predicted octanol–water partition coefficient (Wildman–Crippen LogP) is 6.33. The van der Waals surface area contributed by atoms with Gasteiger partial charge in [0.05, 0.1) is 22.5 Å². The van der Waals surface area contributed by atoms with E-state index in [1.807, 2.05) is 55.5 Å². The molecule has 3 aromatic carbocycles. The van der Waals surface area contributed by atoms with Crippen molar-refractivity contribution < 1.29 is 18.8 Å². The summed E-state index contributed by atoms with van der Waals surface area (Å²) in [5, 5.41) is 4.26. The van der Waals surface area contributed by atoms with E-state index < -0.39 is 17.7 Å². The average molecular weight is 660 g/mol. The molecule has 7 unspecified atom stereocenters. The third kappa shape index (κ3) is 4.44. The molecule has 7 nitrogen and oxygen atoms in total. The molecule has 45 heavy (non-hydrogen) atoms. The summed E-state index contributed by atoms with van der Waals surface area (Å²) in [6, 6.07) is 20.6. The number of aryl methyl sites for hydroxylation is 1. The lowest BCUT2D eigenvalue weighted by Crippen LogP contribution is -2.43. The van der Waals surface area contributed by atoms with Crippen molar-refractivity contribution in [1.29, 1.82) is 0 Å². The summed E-state index contributed by atoms with van der Waals surface area (Å²) in [6.07, 6.45) is 0.740. The number of anilines is 2. The van der Waals surface area contributed by atoms with Gasteiger partial charge in [-0.3, -0.25) is 28.6 Å². The maximum absolute atomic E-state index is 13.9. The maximum Gasteiger partial charge on any atom is 0.308 e. The van der Waals surface area contributed by atoms with Crippen molar-refractivity contribution in [3.05, 3.63) is 109 Å². The van der Waals surface area contributed by atoms with Crippen LogP contribution in [-0.4, -0.2) is 27.5 Å². The normalized spacial score (nSPS) is 27.8. The number of hydrogen-bond acceptors (Lipinski definition) is 6. The fourth-order valence-electron chi connectivity index (χ4n) is 8.19. The second-order valence-corrected chi connectivity index (χ2v) is 14.9. The summed E-state index contributed by atoms with van der Waals surface area (Å²) in [4.78, 5) is 56.5. The SMILES string of the molecule is Cc1ccccc1NC(=O)Cn1c2c(sc1=O)C(c1ccc(Cl)cc1)C1C3CC(C1S2)C1C(=O)N(c2ccc(F)cc2)C(=O)C31. The molecular weight excluding hydrogens is 633 g/mol. The molecule has 8 rings (SSSR count). The van der Waals surface area contributed by atoms with Crippen LogP contribution in [0.5, 0.6) is 0 Å². The Morgan fingerprint density at radius 2 is 1.64 bits per heavy atom. The molecule has 1 N–H and O–H groups in total. The van der Waals surface area contributed by atoms with Crippen LogP contribution in [0, 0.1) is 42.3 Å². The molecule has 1 aromatic heterocycles. The van der Waals surface area contributed by atoms with E-state index in [1.165, 1.54) is 29.2 Å². The number of carbonyl (C=O) groups excluding carboxylic acids is 3. The number of nitrogens with zero attached hydrogens (tertiary/aromatic N) is 2. The highest BCUT2D eigenvalue weighted by Crippen LogP contribution is 2.69. The van der Waals surface area contributed by atoms with Gasteiger partial charge >= 0.3 is 4.87 Å². The van der Waals surface area contributed by atoms with Crippen molar-refractivity contribution in [3.8, 4) is 0 Å². The van der Waals surface area contributed by atoms with Crippen LogP contribution in [0.15, 0.2) is 82.6 Å². The molecule has 0 radical (unpaired) electrons. The second kappa shape index (κ2) is 10.7. The minimum absolute atomic E-state index is 0.00661. The van der Waals surface area contributed by atoms with Crippen LogP contribution in [0.4, 0.5) is 15.8 Å². The number of hydrogen-bond donors (Lipinski definition) is 1. The van der Waals surface area contributed by atoms with Crippen molar-refractivity contribution in [1.82, 2.24) is 4.57 Å². The van der Waals surface area contributed by atoms with Gasteiger partial charge in [-0.25, -0.2) is 4.39 Å². The molecule has 228 valence electrons. The average Bonchev–Trinajstić information content (AvgIpc) is 3.74. The molecule has 3 fully saturated rings. The van der Waals surface area contributed by atoms with Gasteiger partial charge in [0.25, 0.3) is 0 Å². The topological polar surface area (TPSA) is 88.5 Å². The Kier molecular flexibility index (Phi) is 6.81. The number of nitrogens with one attached hydrogen (secondary N) is 1. The molecular formula is C34H27ClFN3O4S2. The fourth-order valence-corrected chi connectivity index (χ4v) is 11.5. The van der Waals surface area contributed by atoms with Crippen molar-refractivity contribution in [2.75, 3.05) is 10.2 Å². The Hall–Kier alpha value is -3.73. The first-order chi connectivity index (χ1) is 21.7. The number of aromatic nitrogens is 1. The molecule has 3 heterocycles. The smallest absolute Gasteiger partial charge is 0.308 e. The molecule has 11 heteroatoms. The van der Waals surface area contributed by atoms with Crippen LogP contribution < -0.4 is 15.1 Å². The standard InChI is InChI=1S/C34H27ClFN3O4S2/c1-16-4-2-3-5-23(16)37-24(40)15-38-33-30(45-34(38)43)25(17-6-8-18(35)9-7-17)26-21-14-22(29(26)44-33)28-27(21)31(41)39(32(28)42)20-12-10-19(36)11-13-20/h2-13,21-22,25-29H,14-15H2,1H3,(H,37,40). The van der Waals surface area contributed by atoms with Crippen molar-refractivity contribution in [2.24, 2.45) is 29.6 Å². The number of fused-ring (bicyclic) bond motifs is 9. The minimum atomic E-state index is -0.475. The Morgan fingerprint density at radius 3 is 2.36 bits per heavy atom. The molecule has 2 saturated carbocycles. The van der Waals surface area contributed by atoms with Crippen LogP contribution in [0.3, 0.4) is 0 Å². The van der Waals surface area contributed by atoms with Crippen molar-refractivity contribution in [2.45, 2.75) is 36.1 Å². The van der Waals surface area contributed by atoms with E-state index in [0.29, 0.717) is 16.4 Å². The fraction of sp³-hybridized carbons (Fsp3) is 0.294. The van der Waals surface area contributed by atoms with E-state index in [4.69, 9.17) is 11.6 Å². The number of imide groups is 1.